The van der Waals surface area contributed by atoms with Gasteiger partial charge in [-0.1, -0.05) is 6.92 Å². The third-order valence-corrected chi connectivity index (χ3v) is 2.43. The highest BCUT2D eigenvalue weighted by Crippen LogP contribution is 2.20. The molecule has 10 heavy (non-hydrogen) atoms. The number of hydrogen-bond acceptors (Lipinski definition) is 2. The normalized spacial score (nSPS) is 33.0. The van der Waals surface area contributed by atoms with Gasteiger partial charge in [-0.3, -0.25) is 0 Å². The van der Waals surface area contributed by atoms with Crippen molar-refractivity contribution < 1.29 is 5.11 Å². The summed E-state index contributed by atoms with van der Waals surface area (Å²) in [7, 11) is 0. The van der Waals surface area contributed by atoms with E-state index in [0.29, 0.717) is 12.6 Å². The number of rotatable bonds is 3. The molecule has 1 saturated heterocycles. The fourth-order valence-electron chi connectivity index (χ4n) is 1.81. The van der Waals surface area contributed by atoms with Crippen molar-refractivity contribution >= 4 is 0 Å². The summed E-state index contributed by atoms with van der Waals surface area (Å²) in [5, 5.41) is 12.1. The first-order valence-corrected chi connectivity index (χ1v) is 4.22. The van der Waals surface area contributed by atoms with Crippen LogP contribution in [0.3, 0.4) is 0 Å². The topological polar surface area (TPSA) is 32.3 Å². The highest BCUT2D eigenvalue weighted by molar-refractivity contribution is 4.81. The van der Waals surface area contributed by atoms with Crippen LogP contribution in [0.25, 0.3) is 0 Å². The lowest BCUT2D eigenvalue weighted by molar-refractivity contribution is 0.247. The third kappa shape index (κ3) is 1.70. The van der Waals surface area contributed by atoms with E-state index in [1.54, 1.807) is 0 Å². The largest absolute Gasteiger partial charge is 0.396 e. The van der Waals surface area contributed by atoms with Crippen LogP contribution in [0.2, 0.25) is 0 Å². The van der Waals surface area contributed by atoms with Crippen molar-refractivity contribution in [3.8, 4) is 0 Å². The predicted octanol–water partition coefficient (Wildman–Crippen LogP) is 0.757. The average molecular weight is 143 g/mol. The van der Waals surface area contributed by atoms with Gasteiger partial charge in [0, 0.05) is 12.6 Å². The molecule has 2 heteroatoms. The van der Waals surface area contributed by atoms with Crippen LogP contribution in [0, 0.1) is 5.92 Å². The molecular weight excluding hydrogens is 126 g/mol. The molecular formula is C8H17NO. The Morgan fingerprint density at radius 1 is 1.60 bits per heavy atom. The van der Waals surface area contributed by atoms with E-state index in [0.717, 1.165) is 18.9 Å². The molecule has 2 N–H and O–H groups in total. The van der Waals surface area contributed by atoms with Gasteiger partial charge in [-0.25, -0.2) is 0 Å². The predicted molar refractivity (Wildman–Crippen MR) is 41.9 cm³/mol. The van der Waals surface area contributed by atoms with E-state index >= 15 is 0 Å². The minimum Gasteiger partial charge on any atom is -0.396 e. The van der Waals surface area contributed by atoms with Gasteiger partial charge in [-0.15, -0.1) is 0 Å². The van der Waals surface area contributed by atoms with Gasteiger partial charge in [0.15, 0.2) is 0 Å². The zero-order valence-corrected chi connectivity index (χ0v) is 6.64. The molecule has 1 fully saturated rings. The Morgan fingerprint density at radius 2 is 2.40 bits per heavy atom. The van der Waals surface area contributed by atoms with E-state index in [1.807, 2.05) is 0 Å². The first kappa shape index (κ1) is 8.02. The maximum absolute atomic E-state index is 8.71. The summed E-state index contributed by atoms with van der Waals surface area (Å²) in [6.07, 6.45) is 3.43. The van der Waals surface area contributed by atoms with Gasteiger partial charge in [-0.05, 0) is 31.7 Å². The Labute approximate surface area is 62.6 Å². The SMILES string of the molecule is CC[C@H]1NCC[C@@H]1CCO. The van der Waals surface area contributed by atoms with Crippen LogP contribution in [0.5, 0.6) is 0 Å². The van der Waals surface area contributed by atoms with Gasteiger partial charge in [0.25, 0.3) is 0 Å². The zero-order valence-electron chi connectivity index (χ0n) is 6.64. The molecule has 0 spiro atoms. The summed E-state index contributed by atoms with van der Waals surface area (Å²) in [6.45, 7) is 3.69. The van der Waals surface area contributed by atoms with Gasteiger partial charge in [0.1, 0.15) is 0 Å². The van der Waals surface area contributed by atoms with E-state index < -0.39 is 0 Å². The van der Waals surface area contributed by atoms with Crippen molar-refractivity contribution in [2.45, 2.75) is 32.2 Å². The highest BCUT2D eigenvalue weighted by atomic mass is 16.3. The van der Waals surface area contributed by atoms with Gasteiger partial charge < -0.3 is 10.4 Å². The molecule has 0 aliphatic carbocycles. The lowest BCUT2D eigenvalue weighted by Crippen LogP contribution is -2.26. The van der Waals surface area contributed by atoms with Crippen molar-refractivity contribution in [2.24, 2.45) is 5.92 Å². The first-order valence-electron chi connectivity index (χ1n) is 4.22. The van der Waals surface area contributed by atoms with Crippen molar-refractivity contribution in [1.82, 2.24) is 5.32 Å². The summed E-state index contributed by atoms with van der Waals surface area (Å²) in [6, 6.07) is 0.673. The molecule has 0 aromatic rings. The number of nitrogens with one attached hydrogen (secondary N) is 1. The van der Waals surface area contributed by atoms with Crippen LogP contribution in [0.4, 0.5) is 0 Å². The van der Waals surface area contributed by atoms with E-state index in [-0.39, 0.29) is 0 Å². The van der Waals surface area contributed by atoms with Gasteiger partial charge in [0.2, 0.25) is 0 Å². The summed E-state index contributed by atoms with van der Waals surface area (Å²) in [5.41, 5.74) is 0. The molecule has 0 aromatic carbocycles. The smallest absolute Gasteiger partial charge is 0.0434 e. The average Bonchev–Trinajstić information content (AvgIpc) is 2.36. The Kier molecular flexibility index (Phi) is 3.16. The standard InChI is InChI=1S/C8H17NO/c1-2-8-7(4-6-10)3-5-9-8/h7-10H,2-6H2,1H3/t7-,8-/m1/s1. The van der Waals surface area contributed by atoms with Gasteiger partial charge >= 0.3 is 0 Å². The summed E-state index contributed by atoms with van der Waals surface area (Å²) in [4.78, 5) is 0. The molecule has 1 heterocycles. The third-order valence-electron chi connectivity index (χ3n) is 2.43. The lowest BCUT2D eigenvalue weighted by atomic mass is 9.96. The highest BCUT2D eigenvalue weighted by Gasteiger charge is 2.23. The van der Waals surface area contributed by atoms with Crippen LogP contribution in [0.15, 0.2) is 0 Å². The second-order valence-corrected chi connectivity index (χ2v) is 3.03. The Balaban J connectivity index is 2.27. The number of hydrogen-bond donors (Lipinski definition) is 2. The van der Waals surface area contributed by atoms with Gasteiger partial charge in [-0.2, -0.15) is 0 Å². The lowest BCUT2D eigenvalue weighted by Gasteiger charge is -2.15. The molecule has 1 aliphatic heterocycles. The fourth-order valence-corrected chi connectivity index (χ4v) is 1.81. The molecule has 0 bridgehead atoms. The maximum Gasteiger partial charge on any atom is 0.0434 e. The van der Waals surface area contributed by atoms with Crippen LogP contribution >= 0.6 is 0 Å². The molecule has 1 rings (SSSR count). The first-order chi connectivity index (χ1) is 4.88. The second kappa shape index (κ2) is 3.94. The Morgan fingerprint density at radius 3 is 3.00 bits per heavy atom. The summed E-state index contributed by atoms with van der Waals surface area (Å²) < 4.78 is 0. The molecule has 0 aromatic heterocycles. The second-order valence-electron chi connectivity index (χ2n) is 3.03. The molecule has 0 saturated carbocycles. The fraction of sp³-hybridized carbons (Fsp3) is 1.00. The molecule has 2 atom stereocenters. The minimum absolute atomic E-state index is 0.350. The van der Waals surface area contributed by atoms with Crippen LogP contribution in [-0.2, 0) is 0 Å². The summed E-state index contributed by atoms with van der Waals surface area (Å²) in [5.74, 6) is 0.731. The monoisotopic (exact) mass is 143 g/mol. The van der Waals surface area contributed by atoms with Crippen LogP contribution < -0.4 is 5.32 Å². The molecule has 0 radical (unpaired) electrons. The van der Waals surface area contributed by atoms with Crippen molar-refractivity contribution in [1.29, 1.82) is 0 Å². The van der Waals surface area contributed by atoms with Crippen LogP contribution in [0.1, 0.15) is 26.2 Å². The number of aliphatic hydroxyl groups excluding tert-OH is 1. The van der Waals surface area contributed by atoms with Gasteiger partial charge in [0.05, 0.1) is 0 Å². The molecule has 0 amide bonds. The van der Waals surface area contributed by atoms with Crippen molar-refractivity contribution in [3.63, 3.8) is 0 Å². The molecule has 60 valence electrons. The van der Waals surface area contributed by atoms with E-state index in [4.69, 9.17) is 5.11 Å². The van der Waals surface area contributed by atoms with E-state index in [2.05, 4.69) is 12.2 Å². The van der Waals surface area contributed by atoms with E-state index in [1.165, 1.54) is 12.8 Å². The van der Waals surface area contributed by atoms with Crippen LogP contribution in [-0.4, -0.2) is 24.3 Å². The minimum atomic E-state index is 0.350. The number of aliphatic hydroxyl groups is 1. The molecule has 0 unspecified atom stereocenters. The quantitative estimate of drug-likeness (QED) is 0.611. The van der Waals surface area contributed by atoms with E-state index in [9.17, 15) is 0 Å². The Hall–Kier alpha value is -0.0800. The van der Waals surface area contributed by atoms with Crippen molar-refractivity contribution in [3.05, 3.63) is 0 Å². The molecule has 1 aliphatic rings. The summed E-state index contributed by atoms with van der Waals surface area (Å²) >= 11 is 0. The Bertz CT molecular complexity index is 95.3. The maximum atomic E-state index is 8.71. The van der Waals surface area contributed by atoms with Crippen molar-refractivity contribution in [2.75, 3.05) is 13.2 Å². The molecule has 2 nitrogen and oxygen atoms in total. The zero-order chi connectivity index (χ0) is 7.40.